The summed E-state index contributed by atoms with van der Waals surface area (Å²) in [6.45, 7) is 4.32. The first-order chi connectivity index (χ1) is 19.9. The lowest BCUT2D eigenvalue weighted by molar-refractivity contribution is -0.140. The molecule has 1 saturated heterocycles. The number of nitrogens with zero attached hydrogens (tertiary/aromatic N) is 4. The Morgan fingerprint density at radius 1 is 0.927 bits per heavy atom. The maximum atomic E-state index is 13.5. The molecule has 0 bridgehead atoms. The maximum absolute atomic E-state index is 13.5. The molecule has 1 aliphatic heterocycles. The van der Waals surface area contributed by atoms with Gasteiger partial charge in [-0.05, 0) is 60.4 Å². The molecular formula is C33H28N4O4. The number of ether oxygens (including phenoxy) is 1. The van der Waals surface area contributed by atoms with Gasteiger partial charge in [-0.15, -0.1) is 0 Å². The first-order valence-electron chi connectivity index (χ1n) is 13.3. The van der Waals surface area contributed by atoms with Crippen LogP contribution < -0.4 is 4.74 Å². The van der Waals surface area contributed by atoms with Crippen molar-refractivity contribution >= 4 is 23.1 Å². The molecule has 8 heteroatoms. The van der Waals surface area contributed by atoms with Gasteiger partial charge in [-0.2, -0.15) is 0 Å². The Kier molecular flexibility index (Phi) is 6.81. The minimum atomic E-state index is -0.830. The Morgan fingerprint density at radius 2 is 1.68 bits per heavy atom. The molecule has 1 atom stereocenters. The molecule has 4 heterocycles. The Balaban J connectivity index is 1.42. The molecule has 0 spiro atoms. The van der Waals surface area contributed by atoms with Crippen LogP contribution in [0.1, 0.15) is 39.7 Å². The number of amides is 1. The number of pyridine rings is 2. The van der Waals surface area contributed by atoms with Crippen LogP contribution in [0.3, 0.4) is 0 Å². The van der Waals surface area contributed by atoms with Crippen LogP contribution in [0.2, 0.25) is 0 Å². The minimum absolute atomic E-state index is 0.000929. The number of aliphatic hydroxyl groups is 1. The van der Waals surface area contributed by atoms with Crippen molar-refractivity contribution in [1.82, 2.24) is 19.3 Å². The lowest BCUT2D eigenvalue weighted by atomic mass is 9.96. The monoisotopic (exact) mass is 544 g/mol. The number of hydrogen-bond donors (Lipinski definition) is 1. The van der Waals surface area contributed by atoms with Gasteiger partial charge in [-0.3, -0.25) is 14.6 Å². The number of likely N-dealkylation sites (tertiary alicyclic amines) is 1. The van der Waals surface area contributed by atoms with Gasteiger partial charge in [-0.1, -0.05) is 54.6 Å². The van der Waals surface area contributed by atoms with Crippen LogP contribution >= 0.6 is 0 Å². The van der Waals surface area contributed by atoms with Crippen molar-refractivity contribution in [2.24, 2.45) is 0 Å². The largest absolute Gasteiger partial charge is 0.505 e. The average Bonchev–Trinajstić information content (AvgIpc) is 3.47. The van der Waals surface area contributed by atoms with Gasteiger partial charge in [0.15, 0.2) is 5.76 Å². The lowest BCUT2D eigenvalue weighted by Crippen LogP contribution is -2.29. The van der Waals surface area contributed by atoms with Crippen LogP contribution in [0, 0.1) is 13.8 Å². The Bertz CT molecular complexity index is 1780. The van der Waals surface area contributed by atoms with Gasteiger partial charge < -0.3 is 19.1 Å². The average molecular weight is 545 g/mol. The minimum Gasteiger partial charge on any atom is -0.505 e. The van der Waals surface area contributed by atoms with Crippen molar-refractivity contribution in [3.05, 3.63) is 137 Å². The van der Waals surface area contributed by atoms with Crippen molar-refractivity contribution in [3.8, 4) is 5.75 Å². The molecule has 0 aliphatic carbocycles. The van der Waals surface area contributed by atoms with E-state index >= 15 is 0 Å². The van der Waals surface area contributed by atoms with Gasteiger partial charge >= 0.3 is 0 Å². The number of aromatic nitrogens is 3. The fourth-order valence-electron chi connectivity index (χ4n) is 5.24. The topological polar surface area (TPSA) is 97.0 Å². The molecule has 204 valence electrons. The summed E-state index contributed by atoms with van der Waals surface area (Å²) in [6, 6.07) is 23.7. The molecule has 1 fully saturated rings. The van der Waals surface area contributed by atoms with E-state index in [0.29, 0.717) is 29.3 Å². The first kappa shape index (κ1) is 26.0. The van der Waals surface area contributed by atoms with Crippen LogP contribution in [0.15, 0.2) is 103 Å². The molecule has 0 saturated carbocycles. The molecule has 1 amide bonds. The van der Waals surface area contributed by atoms with E-state index in [1.807, 2.05) is 97.2 Å². The normalized spacial score (nSPS) is 16.4. The SMILES string of the molecule is Cc1cccn2c(C)c(/C(O)=C3\C(=O)C(=O)N(Cc4cccnc4)C3c3ccc(OCc4ccccc4)cc3)nc12. The van der Waals surface area contributed by atoms with E-state index < -0.39 is 17.7 Å². The Morgan fingerprint density at radius 3 is 2.39 bits per heavy atom. The zero-order valence-electron chi connectivity index (χ0n) is 22.7. The summed E-state index contributed by atoms with van der Waals surface area (Å²) in [7, 11) is 0. The number of hydrogen-bond acceptors (Lipinski definition) is 6. The van der Waals surface area contributed by atoms with Gasteiger partial charge in [0, 0.05) is 25.1 Å². The summed E-state index contributed by atoms with van der Waals surface area (Å²) >= 11 is 0. The second-order valence-corrected chi connectivity index (χ2v) is 10.1. The molecule has 3 aromatic heterocycles. The van der Waals surface area contributed by atoms with Gasteiger partial charge in [0.05, 0.1) is 17.3 Å². The third-order valence-corrected chi connectivity index (χ3v) is 7.37. The number of aliphatic hydroxyl groups excluding tert-OH is 1. The second kappa shape index (κ2) is 10.7. The van der Waals surface area contributed by atoms with Crippen LogP contribution in [-0.4, -0.2) is 36.1 Å². The highest BCUT2D eigenvalue weighted by atomic mass is 16.5. The number of carbonyl (C=O) groups is 2. The molecule has 1 N–H and O–H groups in total. The highest BCUT2D eigenvalue weighted by Crippen LogP contribution is 2.41. The Labute approximate surface area is 237 Å². The summed E-state index contributed by atoms with van der Waals surface area (Å²) in [5.74, 6) is -1.10. The van der Waals surface area contributed by atoms with E-state index in [9.17, 15) is 14.7 Å². The van der Waals surface area contributed by atoms with E-state index in [4.69, 9.17) is 4.74 Å². The van der Waals surface area contributed by atoms with Crippen LogP contribution in [0.5, 0.6) is 5.75 Å². The van der Waals surface area contributed by atoms with Crippen molar-refractivity contribution in [2.75, 3.05) is 0 Å². The van der Waals surface area contributed by atoms with E-state index in [1.54, 1.807) is 18.5 Å². The number of rotatable bonds is 7. The molecule has 6 rings (SSSR count). The summed E-state index contributed by atoms with van der Waals surface area (Å²) < 4.78 is 7.81. The smallest absolute Gasteiger partial charge is 0.295 e. The molecule has 41 heavy (non-hydrogen) atoms. The third kappa shape index (κ3) is 4.84. The van der Waals surface area contributed by atoms with Crippen LogP contribution in [0.4, 0.5) is 0 Å². The van der Waals surface area contributed by atoms with Gasteiger partial charge in [0.25, 0.3) is 11.7 Å². The van der Waals surface area contributed by atoms with Gasteiger partial charge in [0.2, 0.25) is 0 Å². The predicted molar refractivity (Wildman–Crippen MR) is 154 cm³/mol. The quantitative estimate of drug-likeness (QED) is 0.164. The van der Waals surface area contributed by atoms with Crippen molar-refractivity contribution in [2.45, 2.75) is 33.0 Å². The fourth-order valence-corrected chi connectivity index (χ4v) is 5.24. The molecule has 1 unspecified atom stereocenters. The zero-order valence-corrected chi connectivity index (χ0v) is 22.7. The zero-order chi connectivity index (χ0) is 28.5. The fraction of sp³-hybridized carbons (Fsp3) is 0.152. The van der Waals surface area contributed by atoms with Crippen LogP contribution in [0.25, 0.3) is 11.4 Å². The van der Waals surface area contributed by atoms with E-state index in [2.05, 4.69) is 9.97 Å². The number of Topliss-reactive ketones (excluding diaryl/α,β-unsaturated/α-hetero) is 1. The van der Waals surface area contributed by atoms with Crippen molar-refractivity contribution < 1.29 is 19.4 Å². The standard InChI is InChI=1S/C33H28N4O4/c1-21-8-7-17-36-22(2)28(35-32(21)36)30(38)27-29(37(33(40)31(27)39)19-24-11-6-16-34-18-24)25-12-14-26(15-13-25)41-20-23-9-4-3-5-10-23/h3-18,29,38H,19-20H2,1-2H3/b30-27+. The number of ketones is 1. The third-order valence-electron chi connectivity index (χ3n) is 7.37. The predicted octanol–water partition coefficient (Wildman–Crippen LogP) is 5.55. The van der Waals surface area contributed by atoms with Gasteiger partial charge in [0.1, 0.15) is 23.7 Å². The lowest BCUT2D eigenvalue weighted by Gasteiger charge is -2.25. The second-order valence-electron chi connectivity index (χ2n) is 10.1. The summed E-state index contributed by atoms with van der Waals surface area (Å²) in [4.78, 5) is 37.3. The molecular weight excluding hydrogens is 516 g/mol. The number of imidazole rings is 1. The summed E-state index contributed by atoms with van der Waals surface area (Å²) in [5, 5.41) is 11.6. The highest BCUT2D eigenvalue weighted by molar-refractivity contribution is 6.46. The number of aryl methyl sites for hydroxylation is 2. The van der Waals surface area contributed by atoms with Crippen molar-refractivity contribution in [1.29, 1.82) is 0 Å². The first-order valence-corrected chi connectivity index (χ1v) is 13.3. The molecule has 8 nitrogen and oxygen atoms in total. The summed E-state index contributed by atoms with van der Waals surface area (Å²) in [5.41, 5.74) is 5.01. The number of carbonyl (C=O) groups excluding carboxylic acids is 2. The van der Waals surface area contributed by atoms with E-state index in [0.717, 1.165) is 16.7 Å². The molecule has 5 aromatic rings. The molecule has 2 aromatic carbocycles. The van der Waals surface area contributed by atoms with Gasteiger partial charge in [-0.25, -0.2) is 4.98 Å². The van der Waals surface area contributed by atoms with E-state index in [1.165, 1.54) is 4.90 Å². The number of benzene rings is 2. The van der Waals surface area contributed by atoms with Crippen molar-refractivity contribution in [3.63, 3.8) is 0 Å². The van der Waals surface area contributed by atoms with E-state index in [-0.39, 0.29) is 23.6 Å². The molecule has 0 radical (unpaired) electrons. The molecule has 1 aliphatic rings. The Hall–Kier alpha value is -5.24. The maximum Gasteiger partial charge on any atom is 0.295 e. The summed E-state index contributed by atoms with van der Waals surface area (Å²) in [6.07, 6.45) is 5.16. The van der Waals surface area contributed by atoms with Crippen LogP contribution in [-0.2, 0) is 22.7 Å². The number of fused-ring (bicyclic) bond motifs is 1. The highest BCUT2D eigenvalue weighted by Gasteiger charge is 2.46.